The van der Waals surface area contributed by atoms with E-state index in [1.807, 2.05) is 36.9 Å². The zero-order valence-corrected chi connectivity index (χ0v) is 9.27. The monoisotopic (exact) mass is 215 g/mol. The molecule has 16 heavy (non-hydrogen) atoms. The van der Waals surface area contributed by atoms with Crippen LogP contribution in [0.1, 0.15) is 15.9 Å². The van der Waals surface area contributed by atoms with Gasteiger partial charge in [-0.1, -0.05) is 12.1 Å². The Morgan fingerprint density at radius 2 is 2.19 bits per heavy atom. The second kappa shape index (κ2) is 3.81. The Hall–Kier alpha value is -2.10. The third-order valence-electron chi connectivity index (χ3n) is 2.50. The lowest BCUT2D eigenvalue weighted by atomic mass is 10.0. The predicted molar refractivity (Wildman–Crippen MR) is 61.9 cm³/mol. The molecule has 0 aliphatic heterocycles. The van der Waals surface area contributed by atoms with Gasteiger partial charge in [-0.15, -0.1) is 0 Å². The van der Waals surface area contributed by atoms with Crippen molar-refractivity contribution < 1.29 is 4.79 Å². The first kappa shape index (κ1) is 10.4. The molecule has 82 valence electrons. The fourth-order valence-corrected chi connectivity index (χ4v) is 1.61. The summed E-state index contributed by atoms with van der Waals surface area (Å²) in [5, 5.41) is 0. The minimum absolute atomic E-state index is 0.407. The number of hydrogen-bond donors (Lipinski definition) is 1. The van der Waals surface area contributed by atoms with Crippen LogP contribution in [0, 0.1) is 6.92 Å². The number of primary amides is 1. The molecule has 2 N–H and O–H groups in total. The normalized spacial score (nSPS) is 10.4. The second-order valence-electron chi connectivity index (χ2n) is 3.82. The van der Waals surface area contributed by atoms with Crippen LogP contribution < -0.4 is 5.73 Å². The first-order chi connectivity index (χ1) is 7.58. The summed E-state index contributed by atoms with van der Waals surface area (Å²) >= 11 is 0. The number of carbonyl (C=O) groups is 1. The fraction of sp³-hybridized carbons (Fsp3) is 0.167. The van der Waals surface area contributed by atoms with Crippen molar-refractivity contribution in [1.82, 2.24) is 9.55 Å². The van der Waals surface area contributed by atoms with Gasteiger partial charge in [-0.2, -0.15) is 0 Å². The smallest absolute Gasteiger partial charge is 0.248 e. The van der Waals surface area contributed by atoms with Crippen LogP contribution in [0.3, 0.4) is 0 Å². The molecule has 2 rings (SSSR count). The van der Waals surface area contributed by atoms with Crippen molar-refractivity contribution >= 4 is 5.91 Å². The highest BCUT2D eigenvalue weighted by Crippen LogP contribution is 2.20. The number of benzene rings is 1. The van der Waals surface area contributed by atoms with Crippen LogP contribution >= 0.6 is 0 Å². The fourth-order valence-electron chi connectivity index (χ4n) is 1.61. The highest BCUT2D eigenvalue weighted by molar-refractivity contribution is 5.95. The van der Waals surface area contributed by atoms with Gasteiger partial charge in [0.2, 0.25) is 5.91 Å². The molecule has 0 aliphatic carbocycles. The highest BCUT2D eigenvalue weighted by atomic mass is 16.1. The van der Waals surface area contributed by atoms with Crippen molar-refractivity contribution in [2.45, 2.75) is 6.92 Å². The summed E-state index contributed by atoms with van der Waals surface area (Å²) in [4.78, 5) is 15.4. The summed E-state index contributed by atoms with van der Waals surface area (Å²) in [6.07, 6.45) is 3.62. The van der Waals surface area contributed by atoms with Crippen molar-refractivity contribution in [3.05, 3.63) is 41.9 Å². The quantitative estimate of drug-likeness (QED) is 0.825. The average Bonchev–Trinajstić information content (AvgIpc) is 2.65. The van der Waals surface area contributed by atoms with Crippen LogP contribution in [0.15, 0.2) is 30.7 Å². The maximum absolute atomic E-state index is 11.2. The molecular formula is C12H13N3O. The molecule has 0 spiro atoms. The van der Waals surface area contributed by atoms with Gasteiger partial charge < -0.3 is 10.3 Å². The van der Waals surface area contributed by atoms with Crippen LogP contribution in [0.25, 0.3) is 11.3 Å². The molecular weight excluding hydrogens is 202 g/mol. The first-order valence-corrected chi connectivity index (χ1v) is 4.96. The molecule has 2 aromatic rings. The summed E-state index contributed by atoms with van der Waals surface area (Å²) in [5.41, 5.74) is 8.47. The molecule has 1 heterocycles. The van der Waals surface area contributed by atoms with Crippen LogP contribution in [0.5, 0.6) is 0 Å². The first-order valence-electron chi connectivity index (χ1n) is 4.96. The third kappa shape index (κ3) is 1.82. The Labute approximate surface area is 93.7 Å². The van der Waals surface area contributed by atoms with Crippen molar-refractivity contribution in [2.75, 3.05) is 0 Å². The number of imidazole rings is 1. The zero-order chi connectivity index (χ0) is 11.7. The van der Waals surface area contributed by atoms with Crippen LogP contribution in [0.4, 0.5) is 0 Å². The van der Waals surface area contributed by atoms with Gasteiger partial charge in [0.25, 0.3) is 0 Å². The minimum atomic E-state index is -0.407. The van der Waals surface area contributed by atoms with E-state index in [1.54, 1.807) is 12.4 Å². The second-order valence-corrected chi connectivity index (χ2v) is 3.82. The lowest BCUT2D eigenvalue weighted by Gasteiger charge is -2.03. The number of hydrogen-bond acceptors (Lipinski definition) is 2. The lowest BCUT2D eigenvalue weighted by molar-refractivity contribution is 0.1000. The molecule has 0 radical (unpaired) electrons. The molecule has 0 aliphatic rings. The molecule has 1 aromatic heterocycles. The van der Waals surface area contributed by atoms with E-state index >= 15 is 0 Å². The van der Waals surface area contributed by atoms with Gasteiger partial charge in [-0.3, -0.25) is 4.79 Å². The minimum Gasteiger partial charge on any atom is -0.366 e. The number of carbonyl (C=O) groups excluding carboxylic acids is 1. The number of nitrogens with zero attached hydrogens (tertiary/aromatic N) is 2. The molecule has 0 atom stereocenters. The van der Waals surface area contributed by atoms with E-state index in [-0.39, 0.29) is 0 Å². The van der Waals surface area contributed by atoms with Gasteiger partial charge in [-0.25, -0.2) is 4.98 Å². The van der Waals surface area contributed by atoms with E-state index in [1.165, 1.54) is 0 Å². The topological polar surface area (TPSA) is 60.9 Å². The lowest BCUT2D eigenvalue weighted by Crippen LogP contribution is -2.12. The molecule has 0 bridgehead atoms. The van der Waals surface area contributed by atoms with E-state index < -0.39 is 5.91 Å². The SMILES string of the molecule is Cc1ccc(-c2cn(C)cn2)cc1C(N)=O. The Bertz CT molecular complexity index is 543. The molecule has 4 heteroatoms. The number of aromatic nitrogens is 2. The van der Waals surface area contributed by atoms with Crippen molar-refractivity contribution in [1.29, 1.82) is 0 Å². The zero-order valence-electron chi connectivity index (χ0n) is 9.27. The Kier molecular flexibility index (Phi) is 2.48. The molecule has 0 saturated carbocycles. The number of nitrogens with two attached hydrogens (primary N) is 1. The van der Waals surface area contributed by atoms with Gasteiger partial charge in [-0.05, 0) is 18.6 Å². The number of amides is 1. The van der Waals surface area contributed by atoms with Gasteiger partial charge in [0, 0.05) is 24.4 Å². The molecule has 0 saturated heterocycles. The summed E-state index contributed by atoms with van der Waals surface area (Å²) < 4.78 is 1.86. The van der Waals surface area contributed by atoms with Crippen LogP contribution in [-0.2, 0) is 7.05 Å². The Morgan fingerprint density at radius 3 is 2.75 bits per heavy atom. The van der Waals surface area contributed by atoms with Gasteiger partial charge in [0.1, 0.15) is 0 Å². The summed E-state index contributed by atoms with van der Waals surface area (Å²) in [7, 11) is 1.90. The highest BCUT2D eigenvalue weighted by Gasteiger charge is 2.08. The molecule has 0 fully saturated rings. The van der Waals surface area contributed by atoms with Crippen molar-refractivity contribution in [2.24, 2.45) is 12.8 Å². The maximum atomic E-state index is 11.2. The van der Waals surface area contributed by atoms with Crippen molar-refractivity contribution in [3.63, 3.8) is 0 Å². The average molecular weight is 215 g/mol. The molecule has 1 amide bonds. The number of rotatable bonds is 2. The van der Waals surface area contributed by atoms with E-state index in [2.05, 4.69) is 4.98 Å². The molecule has 1 aromatic carbocycles. The van der Waals surface area contributed by atoms with E-state index in [4.69, 9.17) is 5.73 Å². The molecule has 4 nitrogen and oxygen atoms in total. The predicted octanol–water partition coefficient (Wildman–Crippen LogP) is 1.49. The Morgan fingerprint density at radius 1 is 1.44 bits per heavy atom. The summed E-state index contributed by atoms with van der Waals surface area (Å²) in [5.74, 6) is -0.407. The van der Waals surface area contributed by atoms with E-state index in [9.17, 15) is 4.79 Å². The maximum Gasteiger partial charge on any atom is 0.248 e. The standard InChI is InChI=1S/C12H13N3O/c1-8-3-4-9(5-10(8)12(13)16)11-6-15(2)7-14-11/h3-7H,1-2H3,(H2,13,16). The Balaban J connectivity index is 2.51. The van der Waals surface area contributed by atoms with E-state index in [0.29, 0.717) is 5.56 Å². The van der Waals surface area contributed by atoms with Gasteiger partial charge >= 0.3 is 0 Å². The third-order valence-corrected chi connectivity index (χ3v) is 2.50. The summed E-state index contributed by atoms with van der Waals surface area (Å²) in [6, 6.07) is 5.59. The van der Waals surface area contributed by atoms with Crippen molar-refractivity contribution in [3.8, 4) is 11.3 Å². The van der Waals surface area contributed by atoms with E-state index in [0.717, 1.165) is 16.8 Å². The van der Waals surface area contributed by atoms with Crippen LogP contribution in [0.2, 0.25) is 0 Å². The summed E-state index contributed by atoms with van der Waals surface area (Å²) in [6.45, 7) is 1.86. The van der Waals surface area contributed by atoms with Gasteiger partial charge in [0.15, 0.2) is 0 Å². The largest absolute Gasteiger partial charge is 0.366 e. The molecule has 0 unspecified atom stereocenters. The van der Waals surface area contributed by atoms with Crippen LogP contribution in [-0.4, -0.2) is 15.5 Å². The number of aryl methyl sites for hydroxylation is 2. The van der Waals surface area contributed by atoms with Gasteiger partial charge in [0.05, 0.1) is 12.0 Å².